The molecule has 0 N–H and O–H groups in total. The Morgan fingerprint density at radius 2 is 0.485 bits per heavy atom. The fourth-order valence-electron chi connectivity index (χ4n) is 2.53. The normalized spacial score (nSPS) is 32.9. The third-order valence-corrected chi connectivity index (χ3v) is 23.3. The number of fused-ring (bicyclic) bond motifs is 2. The van der Waals surface area contributed by atoms with Gasteiger partial charge < -0.3 is 73.1 Å². The molecule has 23 heteroatoms. The average Bonchev–Trinajstić information content (AvgIpc) is 2.84. The average molecular weight is 591 g/mol. The fourth-order valence-corrected chi connectivity index (χ4v) is 24.5. The topological polar surface area (TPSA) is 157 Å². The Morgan fingerprint density at radius 1 is 0.273 bits per heavy atom. The zero-order valence-electron chi connectivity index (χ0n) is 19.9. The van der Waals surface area contributed by atoms with Crippen molar-refractivity contribution in [3.63, 3.8) is 0 Å². The Bertz CT molecular complexity index is 535. The molecule has 2 rings (SSSR count). The van der Waals surface area contributed by atoms with Crippen molar-refractivity contribution in [2.45, 2.75) is 0 Å². The minimum Gasteiger partial charge on any atom is -0.356 e. The summed E-state index contributed by atoms with van der Waals surface area (Å²) in [5.41, 5.74) is 0. The predicted octanol–water partition coefficient (Wildman–Crippen LogP) is -1.79. The van der Waals surface area contributed by atoms with E-state index in [-0.39, 0.29) is 0 Å². The smallest absolute Gasteiger partial charge is 0.356 e. The van der Waals surface area contributed by atoms with Crippen molar-refractivity contribution in [1.82, 2.24) is 0 Å². The van der Waals surface area contributed by atoms with Gasteiger partial charge in [-0.25, -0.2) is 0 Å². The Kier molecular flexibility index (Phi) is 10.3. The van der Waals surface area contributed by atoms with Crippen molar-refractivity contribution in [2.75, 3.05) is 71.1 Å². The summed E-state index contributed by atoms with van der Waals surface area (Å²) in [6, 6.07) is 0. The van der Waals surface area contributed by atoms with Crippen molar-refractivity contribution in [3.05, 3.63) is 0 Å². The molecule has 0 atom stereocenters. The Hall–Kier alpha value is 0.621. The molecule has 2 aliphatic rings. The van der Waals surface area contributed by atoms with Crippen molar-refractivity contribution < 1.29 is 73.1 Å². The van der Waals surface area contributed by atoms with Crippen LogP contribution in [0.1, 0.15) is 0 Å². The first-order chi connectivity index (χ1) is 15.6. The van der Waals surface area contributed by atoms with Crippen LogP contribution in [0.25, 0.3) is 0 Å². The molecule has 0 aromatic carbocycles. The Labute approximate surface area is 198 Å². The molecule has 2 bridgehead atoms. The van der Waals surface area contributed by atoms with Crippen LogP contribution in [0.2, 0.25) is 0 Å². The van der Waals surface area contributed by atoms with Gasteiger partial charge in [0, 0.05) is 71.1 Å². The molecule has 0 radical (unpaired) electrons. The van der Waals surface area contributed by atoms with Gasteiger partial charge in [0.05, 0.1) is 0 Å². The standard InChI is InChI=1S/C10H30O17Si6/c1-11-28(12-2)21-29(13-3,14-4)24-33(20-10)26-31(17-7,18-8)22-30(15-5,16-6)25-32(19-9,23-28)27-33/h1-10H3. The van der Waals surface area contributed by atoms with E-state index in [9.17, 15) is 0 Å². The molecule has 17 nitrogen and oxygen atoms in total. The lowest BCUT2D eigenvalue weighted by atomic mass is 11.8. The number of rotatable bonds is 10. The summed E-state index contributed by atoms with van der Waals surface area (Å²) in [6.07, 6.45) is 0. The third-order valence-electron chi connectivity index (χ3n) is 4.25. The highest BCUT2D eigenvalue weighted by molar-refractivity contribution is 6.89. The second kappa shape index (κ2) is 11.3. The van der Waals surface area contributed by atoms with Gasteiger partial charge in [-0.2, -0.15) is 0 Å². The summed E-state index contributed by atoms with van der Waals surface area (Å²) in [7, 11) is -13.2. The molecule has 0 aromatic rings. The Balaban J connectivity index is 2.80. The molecule has 0 saturated carbocycles. The molecule has 2 saturated heterocycles. The summed E-state index contributed by atoms with van der Waals surface area (Å²) < 4.78 is 96.9. The van der Waals surface area contributed by atoms with Gasteiger partial charge in [0.25, 0.3) is 0 Å². The highest BCUT2D eigenvalue weighted by Crippen LogP contribution is 2.39. The van der Waals surface area contributed by atoms with E-state index in [1.54, 1.807) is 0 Å². The van der Waals surface area contributed by atoms with Crippen LogP contribution in [-0.2, 0) is 73.1 Å². The molecule has 196 valence electrons. The van der Waals surface area contributed by atoms with E-state index in [0.29, 0.717) is 0 Å². The maximum absolute atomic E-state index is 6.12. The van der Waals surface area contributed by atoms with Crippen LogP contribution in [0.4, 0.5) is 0 Å². The number of hydrogen-bond acceptors (Lipinski definition) is 17. The van der Waals surface area contributed by atoms with Crippen LogP contribution >= 0.6 is 0 Å². The van der Waals surface area contributed by atoms with Crippen LogP contribution in [0.3, 0.4) is 0 Å². The van der Waals surface area contributed by atoms with Crippen LogP contribution in [0, 0.1) is 0 Å². The van der Waals surface area contributed by atoms with Crippen molar-refractivity contribution in [2.24, 2.45) is 0 Å². The van der Waals surface area contributed by atoms with E-state index >= 15 is 0 Å². The highest BCUT2D eigenvalue weighted by Gasteiger charge is 2.80. The van der Waals surface area contributed by atoms with Gasteiger partial charge in [0.1, 0.15) is 0 Å². The summed E-state index contributed by atoms with van der Waals surface area (Å²) in [6.45, 7) is 0. The van der Waals surface area contributed by atoms with Gasteiger partial charge >= 0.3 is 54.3 Å². The third kappa shape index (κ3) is 5.80. The minimum atomic E-state index is -4.51. The molecule has 2 aliphatic heterocycles. The molecule has 2 fully saturated rings. The summed E-state index contributed by atoms with van der Waals surface area (Å²) in [5.74, 6) is 0. The fraction of sp³-hybridized carbons (Fsp3) is 1.00. The van der Waals surface area contributed by atoms with Crippen LogP contribution in [0.15, 0.2) is 0 Å². The van der Waals surface area contributed by atoms with Crippen LogP contribution in [-0.4, -0.2) is 125 Å². The second-order valence-electron chi connectivity index (χ2n) is 5.76. The van der Waals surface area contributed by atoms with E-state index in [0.717, 1.165) is 0 Å². The Morgan fingerprint density at radius 3 is 0.636 bits per heavy atom. The molecule has 33 heavy (non-hydrogen) atoms. The largest absolute Gasteiger partial charge is 0.667 e. The highest BCUT2D eigenvalue weighted by atomic mass is 28.6. The molecule has 0 aromatic heterocycles. The summed E-state index contributed by atoms with van der Waals surface area (Å²) >= 11 is 0. The molecule has 2 heterocycles. The molecule has 0 unspecified atom stereocenters. The maximum atomic E-state index is 6.12. The summed E-state index contributed by atoms with van der Waals surface area (Å²) in [4.78, 5) is 0. The summed E-state index contributed by atoms with van der Waals surface area (Å²) in [5, 5.41) is 0. The predicted molar refractivity (Wildman–Crippen MR) is 112 cm³/mol. The van der Waals surface area contributed by atoms with Gasteiger partial charge in [-0.3, -0.25) is 0 Å². The van der Waals surface area contributed by atoms with E-state index < -0.39 is 54.3 Å². The maximum Gasteiger partial charge on any atom is 0.667 e. The van der Waals surface area contributed by atoms with Gasteiger partial charge in [-0.15, -0.1) is 0 Å². The first-order valence-electron chi connectivity index (χ1n) is 8.98. The molecular formula is C10H30O17Si6. The van der Waals surface area contributed by atoms with Gasteiger partial charge in [0.15, 0.2) is 0 Å². The zero-order valence-corrected chi connectivity index (χ0v) is 25.9. The molecule has 0 spiro atoms. The van der Waals surface area contributed by atoms with Crippen molar-refractivity contribution >= 4 is 54.3 Å². The van der Waals surface area contributed by atoms with Gasteiger partial charge in [-0.05, 0) is 0 Å². The first kappa shape index (κ1) is 29.8. The van der Waals surface area contributed by atoms with Crippen molar-refractivity contribution in [3.8, 4) is 0 Å². The molecule has 0 aliphatic carbocycles. The van der Waals surface area contributed by atoms with E-state index in [1.165, 1.54) is 71.1 Å². The number of hydrogen-bond donors (Lipinski definition) is 0. The van der Waals surface area contributed by atoms with Gasteiger partial charge in [-0.1, -0.05) is 0 Å². The quantitative estimate of drug-likeness (QED) is 0.262. The lowest BCUT2D eigenvalue weighted by Gasteiger charge is -2.48. The van der Waals surface area contributed by atoms with Crippen LogP contribution in [0.5, 0.6) is 0 Å². The lowest BCUT2D eigenvalue weighted by Crippen LogP contribution is -2.81. The first-order valence-corrected chi connectivity index (χ1v) is 18.8. The van der Waals surface area contributed by atoms with E-state index in [2.05, 4.69) is 0 Å². The zero-order chi connectivity index (χ0) is 25.0. The SMILES string of the molecule is CO[Si]1(OC)O[Si](OC)(OC)O[Si]2(OC)O[Si](OC)(OC)O[Si](OC)(OC)O[Si](OC)(O1)O2. The minimum absolute atomic E-state index is 1.23. The van der Waals surface area contributed by atoms with E-state index in [4.69, 9.17) is 73.1 Å². The monoisotopic (exact) mass is 590 g/mol. The molecule has 0 amide bonds. The second-order valence-corrected chi connectivity index (χ2v) is 21.6. The lowest BCUT2D eigenvalue weighted by molar-refractivity contribution is -0.110. The van der Waals surface area contributed by atoms with Crippen LogP contribution < -0.4 is 0 Å². The van der Waals surface area contributed by atoms with Gasteiger partial charge in [0.2, 0.25) is 0 Å². The van der Waals surface area contributed by atoms with E-state index in [1.807, 2.05) is 0 Å². The van der Waals surface area contributed by atoms with Crippen molar-refractivity contribution in [1.29, 1.82) is 0 Å². The molecular weight excluding hydrogens is 561 g/mol.